The molecule has 0 saturated heterocycles. The van der Waals surface area contributed by atoms with E-state index in [0.717, 1.165) is 5.56 Å². The number of halogens is 2. The van der Waals surface area contributed by atoms with Crippen LogP contribution in [0.2, 0.25) is 0 Å². The molecular formula is C11H12F2O2. The van der Waals surface area contributed by atoms with Crippen molar-refractivity contribution in [3.8, 4) is 11.5 Å². The molecule has 1 fully saturated rings. The molecule has 1 aliphatic rings. The molecule has 1 N–H and O–H groups in total. The first-order valence-corrected chi connectivity index (χ1v) is 4.76. The average Bonchev–Trinajstić information content (AvgIpc) is 2.77. The maximum absolute atomic E-state index is 12.7. The van der Waals surface area contributed by atoms with Crippen molar-refractivity contribution < 1.29 is 18.6 Å². The molecule has 82 valence electrons. The van der Waals surface area contributed by atoms with Gasteiger partial charge in [0, 0.05) is 12.3 Å². The largest absolute Gasteiger partial charge is 0.504 e. The molecule has 4 heteroatoms. The van der Waals surface area contributed by atoms with E-state index in [1.807, 2.05) is 0 Å². The molecule has 0 bridgehead atoms. The summed E-state index contributed by atoms with van der Waals surface area (Å²) >= 11 is 0. The molecule has 1 aliphatic carbocycles. The summed E-state index contributed by atoms with van der Waals surface area (Å²) in [6.07, 6.45) is 0.305. The molecule has 1 saturated carbocycles. The second-order valence-electron chi connectivity index (χ2n) is 3.87. The minimum absolute atomic E-state index is 0.0313. The third-order valence-electron chi connectivity index (χ3n) is 2.68. The number of hydrogen-bond donors (Lipinski definition) is 1. The van der Waals surface area contributed by atoms with Crippen LogP contribution in [-0.2, 0) is 6.42 Å². The minimum atomic E-state index is -2.49. The first-order valence-electron chi connectivity index (χ1n) is 4.76. The third-order valence-corrected chi connectivity index (χ3v) is 2.68. The van der Waals surface area contributed by atoms with Gasteiger partial charge in [-0.3, -0.25) is 0 Å². The average molecular weight is 214 g/mol. The first kappa shape index (κ1) is 10.2. The number of phenols is 1. The topological polar surface area (TPSA) is 29.5 Å². The highest BCUT2D eigenvalue weighted by atomic mass is 19.3. The van der Waals surface area contributed by atoms with Crippen molar-refractivity contribution in [2.24, 2.45) is 5.92 Å². The zero-order chi connectivity index (χ0) is 11.1. The Hall–Kier alpha value is -1.32. The normalized spacial score (nSPS) is 22.5. The maximum Gasteiger partial charge on any atom is 0.251 e. The predicted molar refractivity (Wildman–Crippen MR) is 51.4 cm³/mol. The summed E-state index contributed by atoms with van der Waals surface area (Å²) in [7, 11) is 1.44. The van der Waals surface area contributed by atoms with E-state index in [1.165, 1.54) is 13.2 Å². The molecule has 0 spiro atoms. The van der Waals surface area contributed by atoms with Crippen LogP contribution in [0.1, 0.15) is 12.0 Å². The Bertz CT molecular complexity index is 377. The molecule has 0 heterocycles. The lowest BCUT2D eigenvalue weighted by Crippen LogP contribution is -1.97. The van der Waals surface area contributed by atoms with Crippen LogP contribution in [0.25, 0.3) is 0 Å². The van der Waals surface area contributed by atoms with Crippen LogP contribution in [0.4, 0.5) is 8.78 Å². The van der Waals surface area contributed by atoms with Gasteiger partial charge in [0.2, 0.25) is 0 Å². The highest BCUT2D eigenvalue weighted by Gasteiger charge is 2.56. The van der Waals surface area contributed by atoms with Crippen molar-refractivity contribution in [2.75, 3.05) is 7.11 Å². The van der Waals surface area contributed by atoms with Gasteiger partial charge >= 0.3 is 0 Å². The lowest BCUT2D eigenvalue weighted by Gasteiger charge is -2.06. The fraction of sp³-hybridized carbons (Fsp3) is 0.455. The van der Waals surface area contributed by atoms with Gasteiger partial charge < -0.3 is 9.84 Å². The van der Waals surface area contributed by atoms with E-state index in [2.05, 4.69) is 0 Å². The molecular weight excluding hydrogens is 202 g/mol. The number of alkyl halides is 2. The van der Waals surface area contributed by atoms with E-state index in [-0.39, 0.29) is 12.2 Å². The summed E-state index contributed by atoms with van der Waals surface area (Å²) in [6, 6.07) is 4.71. The Balaban J connectivity index is 2.10. The van der Waals surface area contributed by atoms with Gasteiger partial charge in [0.15, 0.2) is 11.5 Å². The molecule has 0 radical (unpaired) electrons. The highest BCUT2D eigenvalue weighted by Crippen LogP contribution is 2.50. The zero-order valence-electron chi connectivity index (χ0n) is 8.34. The minimum Gasteiger partial charge on any atom is -0.504 e. The maximum atomic E-state index is 12.7. The van der Waals surface area contributed by atoms with Crippen LogP contribution in [0.3, 0.4) is 0 Å². The van der Waals surface area contributed by atoms with Crippen molar-refractivity contribution >= 4 is 0 Å². The third kappa shape index (κ3) is 2.03. The van der Waals surface area contributed by atoms with Gasteiger partial charge in [0.1, 0.15) is 0 Å². The van der Waals surface area contributed by atoms with Crippen molar-refractivity contribution in [1.82, 2.24) is 0 Å². The van der Waals surface area contributed by atoms with Crippen LogP contribution in [0, 0.1) is 5.92 Å². The van der Waals surface area contributed by atoms with Crippen molar-refractivity contribution in [3.05, 3.63) is 23.8 Å². The number of ether oxygens (including phenoxy) is 1. The number of hydrogen-bond acceptors (Lipinski definition) is 2. The lowest BCUT2D eigenvalue weighted by molar-refractivity contribution is 0.0989. The van der Waals surface area contributed by atoms with Crippen molar-refractivity contribution in [1.29, 1.82) is 0 Å². The Morgan fingerprint density at radius 1 is 1.53 bits per heavy atom. The fourth-order valence-corrected chi connectivity index (χ4v) is 1.62. The molecule has 2 nitrogen and oxygen atoms in total. The van der Waals surface area contributed by atoms with Crippen molar-refractivity contribution in [3.63, 3.8) is 0 Å². The summed E-state index contributed by atoms with van der Waals surface area (Å²) in [5.74, 6) is -2.68. The van der Waals surface area contributed by atoms with Crippen LogP contribution < -0.4 is 4.74 Å². The molecule has 15 heavy (non-hydrogen) atoms. The zero-order valence-corrected chi connectivity index (χ0v) is 8.34. The summed E-state index contributed by atoms with van der Waals surface area (Å²) < 4.78 is 30.2. The van der Waals surface area contributed by atoms with Gasteiger partial charge in [-0.05, 0) is 24.1 Å². The van der Waals surface area contributed by atoms with E-state index in [1.54, 1.807) is 12.1 Å². The van der Waals surface area contributed by atoms with E-state index in [0.29, 0.717) is 12.2 Å². The van der Waals surface area contributed by atoms with Crippen LogP contribution in [-0.4, -0.2) is 18.1 Å². The van der Waals surface area contributed by atoms with E-state index in [9.17, 15) is 13.9 Å². The highest BCUT2D eigenvalue weighted by molar-refractivity contribution is 5.42. The van der Waals surface area contributed by atoms with Gasteiger partial charge in [-0.2, -0.15) is 0 Å². The van der Waals surface area contributed by atoms with Gasteiger partial charge in [0.05, 0.1) is 7.11 Å². The SMILES string of the molecule is COc1cc(CC2CC2(F)F)ccc1O. The Morgan fingerprint density at radius 3 is 2.73 bits per heavy atom. The van der Waals surface area contributed by atoms with Gasteiger partial charge in [0.25, 0.3) is 5.92 Å². The smallest absolute Gasteiger partial charge is 0.251 e. The van der Waals surface area contributed by atoms with E-state index in [4.69, 9.17) is 4.74 Å². The van der Waals surface area contributed by atoms with E-state index >= 15 is 0 Å². The summed E-state index contributed by atoms with van der Waals surface area (Å²) in [5.41, 5.74) is 0.770. The molecule has 0 aromatic heterocycles. The van der Waals surface area contributed by atoms with Crippen LogP contribution in [0.15, 0.2) is 18.2 Å². The van der Waals surface area contributed by atoms with Crippen molar-refractivity contribution in [2.45, 2.75) is 18.8 Å². The quantitative estimate of drug-likeness (QED) is 0.838. The summed E-state index contributed by atoms with van der Waals surface area (Å²) in [4.78, 5) is 0. The van der Waals surface area contributed by atoms with Gasteiger partial charge in [-0.1, -0.05) is 6.07 Å². The van der Waals surface area contributed by atoms with Gasteiger partial charge in [-0.15, -0.1) is 0 Å². The fourth-order valence-electron chi connectivity index (χ4n) is 1.62. The molecule has 0 amide bonds. The summed E-state index contributed by atoms with van der Waals surface area (Å²) in [6.45, 7) is 0. The molecule has 2 rings (SSSR count). The molecule has 1 unspecified atom stereocenters. The standard InChI is InChI=1S/C11H12F2O2/c1-15-10-5-7(2-3-9(10)14)4-8-6-11(8,12)13/h2-3,5,8,14H,4,6H2,1H3. The monoisotopic (exact) mass is 214 g/mol. The van der Waals surface area contributed by atoms with Gasteiger partial charge in [-0.25, -0.2) is 8.78 Å². The van der Waals surface area contributed by atoms with E-state index < -0.39 is 11.8 Å². The molecule has 0 aliphatic heterocycles. The number of methoxy groups -OCH3 is 1. The number of aromatic hydroxyl groups is 1. The van der Waals surface area contributed by atoms with Crippen LogP contribution >= 0.6 is 0 Å². The number of phenolic OH excluding ortho intramolecular Hbond substituents is 1. The number of rotatable bonds is 3. The first-order chi connectivity index (χ1) is 7.03. The molecule has 1 atom stereocenters. The Morgan fingerprint density at radius 2 is 2.20 bits per heavy atom. The predicted octanol–water partition coefficient (Wildman–Crippen LogP) is 2.60. The molecule has 1 aromatic rings. The Labute approximate surface area is 86.5 Å². The Kier molecular flexibility index (Phi) is 2.29. The van der Waals surface area contributed by atoms with Crippen LogP contribution in [0.5, 0.6) is 11.5 Å². The molecule has 1 aromatic carbocycles. The lowest BCUT2D eigenvalue weighted by atomic mass is 10.1. The number of benzene rings is 1. The second-order valence-corrected chi connectivity index (χ2v) is 3.87. The second kappa shape index (κ2) is 3.36. The summed E-state index contributed by atoms with van der Waals surface area (Å²) in [5, 5.41) is 9.31.